The van der Waals surface area contributed by atoms with Crippen LogP contribution in [0.1, 0.15) is 24.2 Å². The standard InChI is InChI=1S/C18H24N4O/c1-20(15-18(23)21-10-5-6-11-21)14-17-19-9-12-22(17)13-16-7-3-2-4-8-16/h2-4,7-9,12H,5-6,10-11,13-15H2,1H3. The van der Waals surface area contributed by atoms with E-state index in [-0.39, 0.29) is 5.91 Å². The van der Waals surface area contributed by atoms with Gasteiger partial charge in [0.2, 0.25) is 5.91 Å². The molecule has 0 atom stereocenters. The normalized spacial score (nSPS) is 14.6. The summed E-state index contributed by atoms with van der Waals surface area (Å²) in [6.07, 6.45) is 6.10. The lowest BCUT2D eigenvalue weighted by Gasteiger charge is -2.21. The SMILES string of the molecule is CN(CC(=O)N1CCCC1)Cc1nccn1Cc1ccccc1. The number of nitrogens with zero attached hydrogens (tertiary/aromatic N) is 4. The topological polar surface area (TPSA) is 41.4 Å². The van der Waals surface area contributed by atoms with E-state index in [2.05, 4.69) is 21.7 Å². The van der Waals surface area contributed by atoms with Crippen LogP contribution in [-0.2, 0) is 17.9 Å². The summed E-state index contributed by atoms with van der Waals surface area (Å²) >= 11 is 0. The van der Waals surface area contributed by atoms with Gasteiger partial charge >= 0.3 is 0 Å². The van der Waals surface area contributed by atoms with Crippen LogP contribution in [-0.4, -0.2) is 51.9 Å². The molecule has 1 aliphatic heterocycles. The van der Waals surface area contributed by atoms with E-state index >= 15 is 0 Å². The molecule has 23 heavy (non-hydrogen) atoms. The summed E-state index contributed by atoms with van der Waals surface area (Å²) in [4.78, 5) is 20.7. The first-order chi connectivity index (χ1) is 11.2. The minimum atomic E-state index is 0.228. The maximum atomic E-state index is 12.2. The van der Waals surface area contributed by atoms with Crippen molar-refractivity contribution in [2.45, 2.75) is 25.9 Å². The van der Waals surface area contributed by atoms with E-state index in [1.807, 2.05) is 47.4 Å². The van der Waals surface area contributed by atoms with Crippen LogP contribution in [0.2, 0.25) is 0 Å². The van der Waals surface area contributed by atoms with E-state index < -0.39 is 0 Å². The number of hydrogen-bond donors (Lipinski definition) is 0. The molecule has 1 aliphatic rings. The second kappa shape index (κ2) is 7.42. The third kappa shape index (κ3) is 4.20. The summed E-state index contributed by atoms with van der Waals surface area (Å²) in [5, 5.41) is 0. The Bertz CT molecular complexity index is 631. The maximum Gasteiger partial charge on any atom is 0.236 e. The molecule has 1 aromatic heterocycles. The van der Waals surface area contributed by atoms with Gasteiger partial charge in [0.1, 0.15) is 5.82 Å². The third-order valence-corrected chi connectivity index (χ3v) is 4.27. The number of hydrogen-bond acceptors (Lipinski definition) is 3. The van der Waals surface area contributed by atoms with Crippen LogP contribution in [0.15, 0.2) is 42.7 Å². The zero-order valence-electron chi connectivity index (χ0n) is 13.7. The van der Waals surface area contributed by atoms with Crippen LogP contribution in [0, 0.1) is 0 Å². The molecule has 1 fully saturated rings. The molecule has 0 unspecified atom stereocenters. The fourth-order valence-electron chi connectivity index (χ4n) is 3.01. The van der Waals surface area contributed by atoms with Gasteiger partial charge in [-0.15, -0.1) is 0 Å². The highest BCUT2D eigenvalue weighted by Gasteiger charge is 2.19. The Morgan fingerprint density at radius 3 is 2.70 bits per heavy atom. The summed E-state index contributed by atoms with van der Waals surface area (Å²) in [7, 11) is 1.98. The van der Waals surface area contributed by atoms with E-state index in [4.69, 9.17) is 0 Å². The van der Waals surface area contributed by atoms with Crippen molar-refractivity contribution < 1.29 is 4.79 Å². The monoisotopic (exact) mass is 312 g/mol. The first kappa shape index (κ1) is 15.7. The Kier molecular flexibility index (Phi) is 5.08. The number of likely N-dealkylation sites (N-methyl/N-ethyl adjacent to an activating group) is 1. The number of amides is 1. The first-order valence-corrected chi connectivity index (χ1v) is 8.22. The predicted octanol–water partition coefficient (Wildman–Crippen LogP) is 1.99. The number of carbonyl (C=O) groups is 1. The van der Waals surface area contributed by atoms with Crippen molar-refractivity contribution in [2.75, 3.05) is 26.7 Å². The minimum Gasteiger partial charge on any atom is -0.342 e. The van der Waals surface area contributed by atoms with Gasteiger partial charge in [-0.2, -0.15) is 0 Å². The molecule has 2 aromatic rings. The Morgan fingerprint density at radius 2 is 1.96 bits per heavy atom. The second-order valence-corrected chi connectivity index (χ2v) is 6.22. The zero-order chi connectivity index (χ0) is 16.1. The minimum absolute atomic E-state index is 0.228. The highest BCUT2D eigenvalue weighted by molar-refractivity contribution is 5.78. The largest absolute Gasteiger partial charge is 0.342 e. The Morgan fingerprint density at radius 1 is 1.22 bits per heavy atom. The van der Waals surface area contributed by atoms with Crippen LogP contribution >= 0.6 is 0 Å². The molecule has 1 saturated heterocycles. The molecule has 1 amide bonds. The van der Waals surface area contributed by atoms with Crippen molar-refractivity contribution in [3.8, 4) is 0 Å². The number of rotatable bonds is 6. The van der Waals surface area contributed by atoms with Gasteiger partial charge in [-0.1, -0.05) is 30.3 Å². The van der Waals surface area contributed by atoms with Crippen molar-refractivity contribution >= 4 is 5.91 Å². The van der Waals surface area contributed by atoms with E-state index in [0.29, 0.717) is 13.1 Å². The number of likely N-dealkylation sites (tertiary alicyclic amines) is 1. The van der Waals surface area contributed by atoms with E-state index in [1.54, 1.807) is 0 Å². The van der Waals surface area contributed by atoms with Gasteiger partial charge < -0.3 is 9.47 Å². The molecule has 5 heteroatoms. The molecule has 0 radical (unpaired) electrons. The summed E-state index contributed by atoms with van der Waals surface area (Å²) in [5.74, 6) is 1.22. The molecule has 122 valence electrons. The van der Waals surface area contributed by atoms with Crippen LogP contribution in [0.3, 0.4) is 0 Å². The van der Waals surface area contributed by atoms with Crippen LogP contribution in [0.25, 0.3) is 0 Å². The zero-order valence-corrected chi connectivity index (χ0v) is 13.7. The second-order valence-electron chi connectivity index (χ2n) is 6.22. The molecule has 1 aromatic carbocycles. The van der Waals surface area contributed by atoms with Gasteiger partial charge in [-0.05, 0) is 25.5 Å². The molecule has 0 aliphatic carbocycles. The van der Waals surface area contributed by atoms with Gasteiger partial charge in [0.25, 0.3) is 0 Å². The number of benzene rings is 1. The van der Waals surface area contributed by atoms with Crippen molar-refractivity contribution in [3.05, 3.63) is 54.1 Å². The van der Waals surface area contributed by atoms with Gasteiger partial charge in [0.05, 0.1) is 13.1 Å². The molecule has 0 saturated carbocycles. The third-order valence-electron chi connectivity index (χ3n) is 4.27. The fourth-order valence-corrected chi connectivity index (χ4v) is 3.01. The predicted molar refractivity (Wildman–Crippen MR) is 89.9 cm³/mol. The molecule has 0 N–H and O–H groups in total. The van der Waals surface area contributed by atoms with Crippen molar-refractivity contribution in [1.82, 2.24) is 19.4 Å². The van der Waals surface area contributed by atoms with Gasteiger partial charge in [-0.25, -0.2) is 4.98 Å². The van der Waals surface area contributed by atoms with Gasteiger partial charge in [-0.3, -0.25) is 9.69 Å². The van der Waals surface area contributed by atoms with Crippen molar-refractivity contribution in [1.29, 1.82) is 0 Å². The highest BCUT2D eigenvalue weighted by Crippen LogP contribution is 2.10. The van der Waals surface area contributed by atoms with Crippen LogP contribution < -0.4 is 0 Å². The molecule has 5 nitrogen and oxygen atoms in total. The molecule has 0 spiro atoms. The summed E-state index contributed by atoms with van der Waals surface area (Å²) < 4.78 is 2.15. The molecular formula is C18H24N4O. The summed E-state index contributed by atoms with van der Waals surface area (Å²) in [5.41, 5.74) is 1.25. The number of imidazole rings is 1. The van der Waals surface area contributed by atoms with Crippen LogP contribution in [0.5, 0.6) is 0 Å². The quantitative estimate of drug-likeness (QED) is 0.819. The number of carbonyl (C=O) groups excluding carboxylic acids is 1. The Balaban J connectivity index is 1.57. The Hall–Kier alpha value is -2.14. The average molecular weight is 312 g/mol. The van der Waals surface area contributed by atoms with E-state index in [9.17, 15) is 4.79 Å². The Labute approximate surface area is 137 Å². The molecular weight excluding hydrogens is 288 g/mol. The van der Waals surface area contributed by atoms with E-state index in [0.717, 1.165) is 38.3 Å². The molecule has 2 heterocycles. The lowest BCUT2D eigenvalue weighted by molar-refractivity contribution is -0.131. The molecule has 3 rings (SSSR count). The average Bonchev–Trinajstić information content (AvgIpc) is 3.21. The smallest absolute Gasteiger partial charge is 0.236 e. The van der Waals surface area contributed by atoms with E-state index in [1.165, 1.54) is 5.56 Å². The lowest BCUT2D eigenvalue weighted by atomic mass is 10.2. The fraction of sp³-hybridized carbons (Fsp3) is 0.444. The lowest BCUT2D eigenvalue weighted by Crippen LogP contribution is -2.37. The van der Waals surface area contributed by atoms with Crippen LogP contribution in [0.4, 0.5) is 0 Å². The van der Waals surface area contributed by atoms with Crippen molar-refractivity contribution in [3.63, 3.8) is 0 Å². The van der Waals surface area contributed by atoms with Gasteiger partial charge in [0.15, 0.2) is 0 Å². The summed E-state index contributed by atoms with van der Waals surface area (Å²) in [6, 6.07) is 10.4. The number of aromatic nitrogens is 2. The first-order valence-electron chi connectivity index (χ1n) is 8.22. The van der Waals surface area contributed by atoms with Gasteiger partial charge in [0, 0.05) is 32.0 Å². The maximum absolute atomic E-state index is 12.2. The molecule has 0 bridgehead atoms. The highest BCUT2D eigenvalue weighted by atomic mass is 16.2. The summed E-state index contributed by atoms with van der Waals surface area (Å²) in [6.45, 7) is 3.77. The van der Waals surface area contributed by atoms with Crippen molar-refractivity contribution in [2.24, 2.45) is 0 Å².